The Morgan fingerprint density at radius 2 is 1.96 bits per heavy atom. The third kappa shape index (κ3) is 3.90. The molecule has 1 aliphatic rings. The Balaban J connectivity index is 1.70. The number of hydrogen-bond donors (Lipinski definition) is 2. The molecule has 0 bridgehead atoms. The van der Waals surface area contributed by atoms with Gasteiger partial charge in [0.1, 0.15) is 5.56 Å². The minimum atomic E-state index is -0.295. The number of nitrogens with one attached hydrogen (secondary N) is 2. The lowest BCUT2D eigenvalue weighted by atomic mass is 10.1. The summed E-state index contributed by atoms with van der Waals surface area (Å²) in [6.07, 6.45) is 6.02. The van der Waals surface area contributed by atoms with Crippen LogP contribution in [0, 0.1) is 6.92 Å². The van der Waals surface area contributed by atoms with Crippen LogP contribution in [-0.2, 0) is 0 Å². The molecule has 1 aromatic heterocycles. The Bertz CT molecular complexity index is 764. The van der Waals surface area contributed by atoms with E-state index in [1.807, 2.05) is 30.0 Å². The third-order valence-corrected chi connectivity index (χ3v) is 5.96. The van der Waals surface area contributed by atoms with Gasteiger partial charge in [-0.2, -0.15) is 0 Å². The van der Waals surface area contributed by atoms with E-state index < -0.39 is 0 Å². The molecule has 1 heterocycles. The lowest BCUT2D eigenvalue weighted by Gasteiger charge is -2.28. The molecule has 0 unspecified atom stereocenters. The molecule has 4 nitrogen and oxygen atoms in total. The molecule has 0 radical (unpaired) electrons. The molecule has 24 heavy (non-hydrogen) atoms. The van der Waals surface area contributed by atoms with Crippen molar-refractivity contribution in [3.05, 3.63) is 64.1 Å². The number of aryl methyl sites for hydroxylation is 1. The molecule has 0 aliphatic heterocycles. The van der Waals surface area contributed by atoms with E-state index in [1.165, 1.54) is 30.0 Å². The van der Waals surface area contributed by atoms with Crippen molar-refractivity contribution >= 4 is 17.7 Å². The van der Waals surface area contributed by atoms with Crippen LogP contribution in [0.3, 0.4) is 0 Å². The molecule has 1 aliphatic carbocycles. The van der Waals surface area contributed by atoms with Crippen LogP contribution in [0.4, 0.5) is 0 Å². The number of H-pyrrole nitrogens is 1. The molecule has 0 spiro atoms. The highest BCUT2D eigenvalue weighted by Gasteiger charge is 2.35. The van der Waals surface area contributed by atoms with Gasteiger partial charge in [0.25, 0.3) is 5.91 Å². The molecule has 0 saturated heterocycles. The quantitative estimate of drug-likeness (QED) is 0.874. The van der Waals surface area contributed by atoms with Crippen LogP contribution < -0.4 is 10.7 Å². The van der Waals surface area contributed by atoms with Crippen LogP contribution in [0.5, 0.6) is 0 Å². The van der Waals surface area contributed by atoms with Crippen LogP contribution in [0.2, 0.25) is 0 Å². The van der Waals surface area contributed by atoms with Gasteiger partial charge in [0, 0.05) is 34.1 Å². The Kier molecular flexibility index (Phi) is 5.09. The Hall–Kier alpha value is -2.01. The van der Waals surface area contributed by atoms with E-state index in [-0.39, 0.29) is 21.6 Å². The maximum absolute atomic E-state index is 12.4. The van der Waals surface area contributed by atoms with Gasteiger partial charge in [-0.05, 0) is 31.9 Å². The second kappa shape index (κ2) is 7.26. The summed E-state index contributed by atoms with van der Waals surface area (Å²) in [4.78, 5) is 28.5. The SMILES string of the molecule is Cc1cc(=O)c(C(=O)NCC2(Sc3ccccc3)CCCC2)c[nH]1. The van der Waals surface area contributed by atoms with E-state index >= 15 is 0 Å². The smallest absolute Gasteiger partial charge is 0.256 e. The number of amides is 1. The third-order valence-electron chi connectivity index (χ3n) is 4.47. The maximum atomic E-state index is 12.4. The van der Waals surface area contributed by atoms with E-state index in [1.54, 1.807) is 6.92 Å². The second-order valence-electron chi connectivity index (χ2n) is 6.38. The van der Waals surface area contributed by atoms with Gasteiger partial charge in [0.05, 0.1) is 0 Å². The highest BCUT2D eigenvalue weighted by Crippen LogP contribution is 2.44. The first-order valence-corrected chi connectivity index (χ1v) is 9.11. The molecule has 1 amide bonds. The normalized spacial score (nSPS) is 16.0. The monoisotopic (exact) mass is 342 g/mol. The molecular formula is C19H22N2O2S. The van der Waals surface area contributed by atoms with Gasteiger partial charge in [0.15, 0.2) is 5.43 Å². The van der Waals surface area contributed by atoms with E-state index in [0.29, 0.717) is 6.54 Å². The molecule has 2 N–H and O–H groups in total. The van der Waals surface area contributed by atoms with Gasteiger partial charge in [-0.3, -0.25) is 9.59 Å². The Morgan fingerprint density at radius 1 is 1.25 bits per heavy atom. The number of carbonyl (C=O) groups is 1. The number of aromatic nitrogens is 1. The molecule has 1 aromatic carbocycles. The summed E-state index contributed by atoms with van der Waals surface area (Å²) in [6, 6.07) is 11.8. The number of thioether (sulfide) groups is 1. The largest absolute Gasteiger partial charge is 0.364 e. The molecule has 1 fully saturated rings. The summed E-state index contributed by atoms with van der Waals surface area (Å²) in [7, 11) is 0. The predicted octanol–water partition coefficient (Wildman–Crippen LogP) is 3.52. The fraction of sp³-hybridized carbons (Fsp3) is 0.368. The number of benzene rings is 1. The molecule has 2 aromatic rings. The molecule has 126 valence electrons. The van der Waals surface area contributed by atoms with Crippen LogP contribution in [0.15, 0.2) is 52.3 Å². The van der Waals surface area contributed by atoms with Gasteiger partial charge in [-0.1, -0.05) is 31.0 Å². The fourth-order valence-corrected chi connectivity index (χ4v) is 4.59. The first kappa shape index (κ1) is 16.8. The number of pyridine rings is 1. The summed E-state index contributed by atoms with van der Waals surface area (Å²) in [5, 5.41) is 2.98. The minimum absolute atomic E-state index is 0.0223. The van der Waals surface area contributed by atoms with E-state index in [0.717, 1.165) is 18.5 Å². The first-order valence-electron chi connectivity index (χ1n) is 8.30. The zero-order chi connectivity index (χ0) is 17.0. The van der Waals surface area contributed by atoms with Gasteiger partial charge in [0.2, 0.25) is 0 Å². The Morgan fingerprint density at radius 3 is 2.62 bits per heavy atom. The van der Waals surface area contributed by atoms with Crippen molar-refractivity contribution in [1.82, 2.24) is 10.3 Å². The average molecular weight is 342 g/mol. The van der Waals surface area contributed by atoms with Crippen molar-refractivity contribution < 1.29 is 4.79 Å². The lowest BCUT2D eigenvalue weighted by Crippen LogP contribution is -2.40. The van der Waals surface area contributed by atoms with Gasteiger partial charge in [-0.25, -0.2) is 0 Å². The van der Waals surface area contributed by atoms with E-state index in [2.05, 4.69) is 22.4 Å². The second-order valence-corrected chi connectivity index (χ2v) is 7.92. The minimum Gasteiger partial charge on any atom is -0.364 e. The van der Waals surface area contributed by atoms with Crippen LogP contribution in [0.1, 0.15) is 41.7 Å². The standard InChI is InChI=1S/C19H22N2O2S/c1-14-11-17(22)16(12-20-14)18(23)21-13-19(9-5-6-10-19)24-15-7-3-2-4-8-15/h2-4,7-8,11-12H,5-6,9-10,13H2,1H3,(H,20,22)(H,21,23). The lowest BCUT2D eigenvalue weighted by molar-refractivity contribution is 0.0948. The average Bonchev–Trinajstić information content (AvgIpc) is 3.02. The number of carbonyl (C=O) groups excluding carboxylic acids is 1. The van der Waals surface area contributed by atoms with Crippen LogP contribution in [0.25, 0.3) is 0 Å². The summed E-state index contributed by atoms with van der Waals surface area (Å²) >= 11 is 1.84. The zero-order valence-corrected chi connectivity index (χ0v) is 14.6. The van der Waals surface area contributed by atoms with Crippen molar-refractivity contribution in [2.75, 3.05) is 6.54 Å². The van der Waals surface area contributed by atoms with Gasteiger partial charge in [-0.15, -0.1) is 11.8 Å². The highest BCUT2D eigenvalue weighted by atomic mass is 32.2. The van der Waals surface area contributed by atoms with Crippen LogP contribution >= 0.6 is 11.8 Å². The first-order chi connectivity index (χ1) is 11.6. The van der Waals surface area contributed by atoms with Crippen LogP contribution in [-0.4, -0.2) is 22.2 Å². The predicted molar refractivity (Wildman–Crippen MR) is 97.6 cm³/mol. The van der Waals surface area contributed by atoms with E-state index in [4.69, 9.17) is 0 Å². The maximum Gasteiger partial charge on any atom is 0.256 e. The van der Waals surface area contributed by atoms with Gasteiger partial charge < -0.3 is 10.3 Å². The summed E-state index contributed by atoms with van der Waals surface area (Å²) in [5.74, 6) is -0.295. The van der Waals surface area contributed by atoms with Crippen molar-refractivity contribution in [2.45, 2.75) is 42.2 Å². The molecule has 1 saturated carbocycles. The van der Waals surface area contributed by atoms with Gasteiger partial charge >= 0.3 is 0 Å². The van der Waals surface area contributed by atoms with Crippen molar-refractivity contribution in [3.63, 3.8) is 0 Å². The van der Waals surface area contributed by atoms with Crippen molar-refractivity contribution in [2.24, 2.45) is 0 Å². The zero-order valence-electron chi connectivity index (χ0n) is 13.8. The molecule has 3 rings (SSSR count). The highest BCUT2D eigenvalue weighted by molar-refractivity contribution is 8.00. The van der Waals surface area contributed by atoms with Crippen molar-refractivity contribution in [3.8, 4) is 0 Å². The number of hydrogen-bond acceptors (Lipinski definition) is 3. The van der Waals surface area contributed by atoms with E-state index in [9.17, 15) is 9.59 Å². The molecule has 5 heteroatoms. The topological polar surface area (TPSA) is 62.0 Å². The fourth-order valence-electron chi connectivity index (χ4n) is 3.16. The summed E-state index contributed by atoms with van der Waals surface area (Å²) < 4.78 is 0.0223. The Labute approximate surface area is 146 Å². The number of aromatic amines is 1. The summed E-state index contributed by atoms with van der Waals surface area (Å²) in [5.41, 5.74) is 0.696. The molecular weight excluding hydrogens is 320 g/mol. The number of rotatable bonds is 5. The molecule has 0 atom stereocenters. The van der Waals surface area contributed by atoms with Crippen molar-refractivity contribution in [1.29, 1.82) is 0 Å². The summed E-state index contributed by atoms with van der Waals surface area (Å²) in [6.45, 7) is 2.38.